The molecule has 3 aromatic rings. The molecule has 0 saturated carbocycles. The molecule has 10 heteroatoms. The highest BCUT2D eigenvalue weighted by Gasteiger charge is 2.37. The van der Waals surface area contributed by atoms with E-state index in [1.54, 1.807) is 31.4 Å². The van der Waals surface area contributed by atoms with E-state index in [1.807, 2.05) is 12.1 Å². The normalized spacial score (nSPS) is 19.6. The Balaban J connectivity index is 1.50. The van der Waals surface area contributed by atoms with Gasteiger partial charge >= 0.3 is 5.63 Å². The van der Waals surface area contributed by atoms with Gasteiger partial charge < -0.3 is 24.3 Å². The zero-order chi connectivity index (χ0) is 22.9. The third-order valence-corrected chi connectivity index (χ3v) is 6.87. The van der Waals surface area contributed by atoms with Gasteiger partial charge in [0.15, 0.2) is 16.4 Å². The van der Waals surface area contributed by atoms with Gasteiger partial charge in [0, 0.05) is 17.5 Å². The first-order chi connectivity index (χ1) is 15.2. The van der Waals surface area contributed by atoms with Crippen LogP contribution in [-0.2, 0) is 14.6 Å². The zero-order valence-electron chi connectivity index (χ0n) is 17.1. The summed E-state index contributed by atoms with van der Waals surface area (Å²) in [6, 6.07) is 12.6. The maximum atomic E-state index is 12.1. The molecule has 1 aliphatic rings. The van der Waals surface area contributed by atoms with Crippen LogP contribution in [0, 0.1) is 0 Å². The first kappa shape index (κ1) is 21.8. The summed E-state index contributed by atoms with van der Waals surface area (Å²) in [7, 11) is -1.80. The van der Waals surface area contributed by atoms with E-state index < -0.39 is 40.1 Å². The lowest BCUT2D eigenvalue weighted by molar-refractivity contribution is -0.124. The van der Waals surface area contributed by atoms with Gasteiger partial charge in [-0.1, -0.05) is 12.1 Å². The van der Waals surface area contributed by atoms with Gasteiger partial charge in [0.25, 0.3) is 5.91 Å². The van der Waals surface area contributed by atoms with E-state index >= 15 is 0 Å². The van der Waals surface area contributed by atoms with Crippen molar-refractivity contribution in [3.8, 4) is 22.6 Å². The molecule has 2 heterocycles. The van der Waals surface area contributed by atoms with Gasteiger partial charge in [-0.2, -0.15) is 0 Å². The number of benzene rings is 2. The predicted molar refractivity (Wildman–Crippen MR) is 117 cm³/mol. The summed E-state index contributed by atoms with van der Waals surface area (Å²) in [6.07, 6.45) is -1.14. The fraction of sp³-hybridized carbons (Fsp3) is 0.273. The molecule has 168 valence electrons. The summed E-state index contributed by atoms with van der Waals surface area (Å²) in [6.45, 7) is -0.392. The molecule has 2 N–H and O–H groups in total. The summed E-state index contributed by atoms with van der Waals surface area (Å²) in [5.74, 6) is -0.270. The van der Waals surface area contributed by atoms with Crippen LogP contribution in [-0.4, -0.2) is 56.8 Å². The second kappa shape index (κ2) is 8.64. The Labute approximate surface area is 183 Å². The molecular formula is C22H21NO8S. The molecular weight excluding hydrogens is 438 g/mol. The maximum Gasteiger partial charge on any atom is 0.336 e. The summed E-state index contributed by atoms with van der Waals surface area (Å²) >= 11 is 0. The Hall–Kier alpha value is -3.37. The first-order valence-electron chi connectivity index (χ1n) is 9.77. The number of sulfone groups is 1. The molecule has 9 nitrogen and oxygen atoms in total. The number of methoxy groups -OCH3 is 1. The van der Waals surface area contributed by atoms with Gasteiger partial charge in [-0.3, -0.25) is 4.79 Å². The zero-order valence-corrected chi connectivity index (χ0v) is 17.9. The molecule has 2 aromatic carbocycles. The number of aliphatic hydroxyl groups is 1. The molecule has 0 bridgehead atoms. The van der Waals surface area contributed by atoms with Crippen LogP contribution in [0.2, 0.25) is 0 Å². The highest BCUT2D eigenvalue weighted by atomic mass is 32.2. The van der Waals surface area contributed by atoms with Crippen LogP contribution in [0.4, 0.5) is 0 Å². The standard InChI is InChI=1S/C22H21NO8S/c1-29-14-4-2-13(3-5-14)17-9-22(26)31-20-8-15(6-7-16(17)20)30-10-21(25)23-18-11-32(27,28)12-19(18)24/h2-9,18-19,24H,10-12H2,1H3,(H,23,25)/t18-,19+/m0/s1. The average molecular weight is 459 g/mol. The molecule has 0 unspecified atom stereocenters. The van der Waals surface area contributed by atoms with Crippen LogP contribution < -0.4 is 20.4 Å². The topological polar surface area (TPSA) is 132 Å². The second-order valence-electron chi connectivity index (χ2n) is 7.47. The summed E-state index contributed by atoms with van der Waals surface area (Å²) in [4.78, 5) is 24.2. The number of ether oxygens (including phenoxy) is 2. The number of carbonyl (C=O) groups is 1. The molecule has 0 spiro atoms. The van der Waals surface area contributed by atoms with Crippen molar-refractivity contribution >= 4 is 26.7 Å². The number of hydrogen-bond acceptors (Lipinski definition) is 8. The van der Waals surface area contributed by atoms with Crippen LogP contribution in [0.1, 0.15) is 0 Å². The van der Waals surface area contributed by atoms with Crippen LogP contribution in [0.15, 0.2) is 57.7 Å². The van der Waals surface area contributed by atoms with Crippen molar-refractivity contribution in [2.75, 3.05) is 25.2 Å². The molecule has 2 atom stereocenters. The van der Waals surface area contributed by atoms with E-state index in [0.29, 0.717) is 28.0 Å². The molecule has 1 amide bonds. The SMILES string of the molecule is COc1ccc(-c2cc(=O)oc3cc(OCC(=O)N[C@H]4CS(=O)(=O)C[C@H]4O)ccc23)cc1. The van der Waals surface area contributed by atoms with Crippen LogP contribution in [0.5, 0.6) is 11.5 Å². The highest BCUT2D eigenvalue weighted by molar-refractivity contribution is 7.91. The molecule has 0 radical (unpaired) electrons. The Bertz CT molecular complexity index is 1310. The van der Waals surface area contributed by atoms with Crippen molar-refractivity contribution in [3.05, 3.63) is 59.0 Å². The third-order valence-electron chi connectivity index (χ3n) is 5.16. The van der Waals surface area contributed by atoms with Gasteiger partial charge in [0.05, 0.1) is 30.8 Å². The van der Waals surface area contributed by atoms with Gasteiger partial charge in [0.2, 0.25) is 0 Å². The lowest BCUT2D eigenvalue weighted by Crippen LogP contribution is -2.44. The molecule has 1 aliphatic heterocycles. The van der Waals surface area contributed by atoms with Gasteiger partial charge in [0.1, 0.15) is 17.1 Å². The molecule has 32 heavy (non-hydrogen) atoms. The number of hydrogen-bond donors (Lipinski definition) is 2. The Morgan fingerprint density at radius 3 is 2.50 bits per heavy atom. The molecule has 1 aromatic heterocycles. The molecule has 1 saturated heterocycles. The molecule has 4 rings (SSSR count). The largest absolute Gasteiger partial charge is 0.497 e. The van der Waals surface area contributed by atoms with Crippen LogP contribution in [0.25, 0.3) is 22.1 Å². The van der Waals surface area contributed by atoms with E-state index in [1.165, 1.54) is 12.1 Å². The summed E-state index contributed by atoms with van der Waals surface area (Å²) in [5, 5.41) is 12.9. The number of rotatable bonds is 6. The number of aliphatic hydroxyl groups excluding tert-OH is 1. The highest BCUT2D eigenvalue weighted by Crippen LogP contribution is 2.30. The van der Waals surface area contributed by atoms with E-state index in [2.05, 4.69) is 5.32 Å². The average Bonchev–Trinajstić information content (AvgIpc) is 3.02. The Kier molecular flexibility index (Phi) is 5.90. The Morgan fingerprint density at radius 2 is 1.84 bits per heavy atom. The summed E-state index contributed by atoms with van der Waals surface area (Å²) < 4.78 is 39.0. The number of carbonyl (C=O) groups excluding carboxylic acids is 1. The van der Waals surface area contributed by atoms with E-state index in [9.17, 15) is 23.1 Å². The number of amides is 1. The van der Waals surface area contributed by atoms with E-state index in [4.69, 9.17) is 13.9 Å². The summed E-state index contributed by atoms with van der Waals surface area (Å²) in [5.41, 5.74) is 1.25. The number of nitrogens with one attached hydrogen (secondary N) is 1. The van der Waals surface area contributed by atoms with E-state index in [-0.39, 0.29) is 11.5 Å². The van der Waals surface area contributed by atoms with Gasteiger partial charge in [-0.25, -0.2) is 13.2 Å². The fourth-order valence-electron chi connectivity index (χ4n) is 3.61. The van der Waals surface area contributed by atoms with Crippen LogP contribution >= 0.6 is 0 Å². The van der Waals surface area contributed by atoms with Gasteiger partial charge in [-0.05, 0) is 35.4 Å². The third kappa shape index (κ3) is 4.76. The molecule has 0 aliphatic carbocycles. The van der Waals surface area contributed by atoms with Gasteiger partial charge in [-0.15, -0.1) is 0 Å². The minimum Gasteiger partial charge on any atom is -0.497 e. The lowest BCUT2D eigenvalue weighted by Gasteiger charge is -2.15. The number of fused-ring (bicyclic) bond motifs is 1. The van der Waals surface area contributed by atoms with Crippen molar-refractivity contribution in [1.82, 2.24) is 5.32 Å². The quantitative estimate of drug-likeness (QED) is 0.524. The minimum absolute atomic E-state index is 0.290. The Morgan fingerprint density at radius 1 is 1.12 bits per heavy atom. The van der Waals surface area contributed by atoms with Crippen molar-refractivity contribution in [2.24, 2.45) is 0 Å². The fourth-order valence-corrected chi connectivity index (χ4v) is 5.35. The smallest absolute Gasteiger partial charge is 0.336 e. The van der Waals surface area contributed by atoms with Crippen molar-refractivity contribution in [1.29, 1.82) is 0 Å². The monoisotopic (exact) mass is 459 g/mol. The van der Waals surface area contributed by atoms with Crippen LogP contribution in [0.3, 0.4) is 0 Å². The first-order valence-corrected chi connectivity index (χ1v) is 11.6. The minimum atomic E-state index is -3.37. The predicted octanol–water partition coefficient (Wildman–Crippen LogP) is 1.12. The van der Waals surface area contributed by atoms with Crippen molar-refractivity contribution in [3.63, 3.8) is 0 Å². The van der Waals surface area contributed by atoms with E-state index in [0.717, 1.165) is 5.56 Å². The lowest BCUT2D eigenvalue weighted by atomic mass is 10.0. The van der Waals surface area contributed by atoms with Crippen molar-refractivity contribution < 1.29 is 32.2 Å². The maximum absolute atomic E-state index is 12.1. The van der Waals surface area contributed by atoms with Crippen molar-refractivity contribution in [2.45, 2.75) is 12.1 Å². The second-order valence-corrected chi connectivity index (χ2v) is 9.63. The molecule has 1 fully saturated rings.